The number of aliphatic imine (C=N–C) groups is 1. The fraction of sp³-hybridized carbons (Fsp3) is 0.0526. The van der Waals surface area contributed by atoms with Crippen molar-refractivity contribution in [1.82, 2.24) is 15.0 Å². The molecule has 27 heavy (non-hydrogen) atoms. The maximum atomic E-state index is 11.7. The summed E-state index contributed by atoms with van der Waals surface area (Å²) in [5.41, 5.74) is 2.14. The van der Waals surface area contributed by atoms with Gasteiger partial charge >= 0.3 is 5.69 Å². The van der Waals surface area contributed by atoms with Crippen LogP contribution in [-0.2, 0) is 0 Å². The summed E-state index contributed by atoms with van der Waals surface area (Å²) < 4.78 is 1.14. The molecule has 2 heterocycles. The fourth-order valence-electron chi connectivity index (χ4n) is 2.59. The lowest BCUT2D eigenvalue weighted by molar-refractivity contribution is 0.447. The second-order valence-corrected chi connectivity index (χ2v) is 7.00. The Morgan fingerprint density at radius 3 is 2.63 bits per heavy atom. The Labute approximate surface area is 156 Å². The lowest BCUT2D eigenvalue weighted by Gasteiger charge is -1.98. The molecule has 0 aliphatic rings. The molecule has 8 heteroatoms. The summed E-state index contributed by atoms with van der Waals surface area (Å²) in [6.07, 6.45) is 1.21. The van der Waals surface area contributed by atoms with Crippen LogP contribution in [0.1, 0.15) is 11.1 Å². The van der Waals surface area contributed by atoms with E-state index in [1.54, 1.807) is 23.5 Å². The van der Waals surface area contributed by atoms with Gasteiger partial charge in [-0.05, 0) is 48.9 Å². The van der Waals surface area contributed by atoms with Gasteiger partial charge in [-0.15, -0.1) is 11.3 Å². The van der Waals surface area contributed by atoms with E-state index in [-0.39, 0.29) is 5.56 Å². The van der Waals surface area contributed by atoms with Gasteiger partial charge in [0.1, 0.15) is 10.6 Å². The molecule has 3 N–H and O–H groups in total. The summed E-state index contributed by atoms with van der Waals surface area (Å²) >= 11 is 1.62. The molecule has 0 radical (unpaired) electrons. The largest absolute Gasteiger partial charge is 0.494 e. The number of hydrogen-bond donors (Lipinski definition) is 3. The highest BCUT2D eigenvalue weighted by molar-refractivity contribution is 7.21. The predicted octanol–water partition coefficient (Wildman–Crippen LogP) is 3.10. The van der Waals surface area contributed by atoms with E-state index in [1.165, 1.54) is 11.8 Å². The molecule has 0 amide bonds. The number of thiazole rings is 1. The van der Waals surface area contributed by atoms with Gasteiger partial charge in [0.15, 0.2) is 0 Å². The summed E-state index contributed by atoms with van der Waals surface area (Å²) in [6, 6.07) is 13.5. The second kappa shape index (κ2) is 6.65. The number of fused-ring (bicyclic) bond motifs is 1. The zero-order chi connectivity index (χ0) is 19.0. The van der Waals surface area contributed by atoms with Crippen LogP contribution in [-0.4, -0.2) is 26.3 Å². The lowest BCUT2D eigenvalue weighted by atomic mass is 10.2. The van der Waals surface area contributed by atoms with Crippen LogP contribution < -0.4 is 11.2 Å². The third-order valence-electron chi connectivity index (χ3n) is 3.96. The molecule has 4 rings (SSSR count). The highest BCUT2D eigenvalue weighted by Crippen LogP contribution is 2.31. The first kappa shape index (κ1) is 16.9. The normalized spacial score (nSPS) is 11.4. The van der Waals surface area contributed by atoms with Crippen LogP contribution in [0.15, 0.2) is 57.0 Å². The summed E-state index contributed by atoms with van der Waals surface area (Å²) in [5, 5.41) is 10.6. The van der Waals surface area contributed by atoms with E-state index >= 15 is 0 Å². The van der Waals surface area contributed by atoms with Crippen molar-refractivity contribution in [3.63, 3.8) is 0 Å². The first-order valence-corrected chi connectivity index (χ1v) is 8.88. The number of hydrogen-bond acceptors (Lipinski definition) is 6. The van der Waals surface area contributed by atoms with Gasteiger partial charge in [-0.3, -0.25) is 19.8 Å². The molecule has 0 fully saturated rings. The molecule has 7 nitrogen and oxygen atoms in total. The Hall–Kier alpha value is -3.52. The summed E-state index contributed by atoms with van der Waals surface area (Å²) in [7, 11) is 0. The van der Waals surface area contributed by atoms with E-state index in [0.29, 0.717) is 5.69 Å². The summed E-state index contributed by atoms with van der Waals surface area (Å²) in [5.74, 6) is -0.520. The van der Waals surface area contributed by atoms with Crippen LogP contribution in [0.4, 0.5) is 5.69 Å². The van der Waals surface area contributed by atoms with Crippen molar-refractivity contribution >= 4 is 33.5 Å². The van der Waals surface area contributed by atoms with Gasteiger partial charge in [-0.1, -0.05) is 6.07 Å². The van der Waals surface area contributed by atoms with Crippen LogP contribution >= 0.6 is 11.3 Å². The molecule has 0 spiro atoms. The Morgan fingerprint density at radius 1 is 1.11 bits per heavy atom. The number of aromatic amines is 2. The smallest absolute Gasteiger partial charge is 0.328 e. The second-order valence-electron chi connectivity index (χ2n) is 5.97. The number of aromatic hydroxyl groups is 1. The van der Waals surface area contributed by atoms with Crippen LogP contribution in [0.25, 0.3) is 20.8 Å². The first-order valence-electron chi connectivity index (χ1n) is 8.07. The quantitative estimate of drug-likeness (QED) is 0.476. The number of aromatic nitrogens is 3. The topological polar surface area (TPSA) is 111 Å². The fourth-order valence-corrected chi connectivity index (χ4v) is 3.66. The van der Waals surface area contributed by atoms with Crippen LogP contribution in [0.2, 0.25) is 0 Å². The molecule has 2 aromatic carbocycles. The maximum absolute atomic E-state index is 11.7. The van der Waals surface area contributed by atoms with Gasteiger partial charge in [0, 0.05) is 11.8 Å². The van der Waals surface area contributed by atoms with Crippen molar-refractivity contribution < 1.29 is 5.11 Å². The molecule has 2 aromatic heterocycles. The Kier molecular flexibility index (Phi) is 4.17. The van der Waals surface area contributed by atoms with Gasteiger partial charge in [0.2, 0.25) is 5.88 Å². The van der Waals surface area contributed by atoms with Crippen molar-refractivity contribution in [2.45, 2.75) is 6.92 Å². The lowest BCUT2D eigenvalue weighted by Crippen LogP contribution is -2.24. The number of aryl methyl sites for hydroxylation is 1. The van der Waals surface area contributed by atoms with E-state index in [2.05, 4.69) is 28.0 Å². The van der Waals surface area contributed by atoms with Crippen molar-refractivity contribution in [2.24, 2.45) is 4.99 Å². The highest BCUT2D eigenvalue weighted by Gasteiger charge is 2.07. The van der Waals surface area contributed by atoms with Crippen LogP contribution in [0, 0.1) is 6.92 Å². The first-order chi connectivity index (χ1) is 13.0. The molecule has 0 saturated carbocycles. The molecule has 0 saturated heterocycles. The highest BCUT2D eigenvalue weighted by atomic mass is 32.1. The molecule has 0 bridgehead atoms. The van der Waals surface area contributed by atoms with Crippen LogP contribution in [0.5, 0.6) is 5.88 Å². The van der Waals surface area contributed by atoms with Gasteiger partial charge < -0.3 is 5.11 Å². The van der Waals surface area contributed by atoms with Gasteiger partial charge in [0.25, 0.3) is 5.56 Å². The Bertz CT molecular complexity index is 1280. The van der Waals surface area contributed by atoms with Gasteiger partial charge in [-0.2, -0.15) is 0 Å². The number of nitrogens with one attached hydrogen (secondary N) is 2. The number of H-pyrrole nitrogens is 2. The molecule has 4 aromatic rings. The third kappa shape index (κ3) is 3.42. The molecule has 0 aliphatic carbocycles. The monoisotopic (exact) mass is 378 g/mol. The van der Waals surface area contributed by atoms with E-state index in [9.17, 15) is 14.7 Å². The zero-order valence-corrected chi connectivity index (χ0v) is 15.0. The van der Waals surface area contributed by atoms with Gasteiger partial charge in [-0.25, -0.2) is 9.78 Å². The molecular weight excluding hydrogens is 364 g/mol. The van der Waals surface area contributed by atoms with E-state index in [0.717, 1.165) is 20.8 Å². The number of benzene rings is 2. The summed E-state index contributed by atoms with van der Waals surface area (Å²) in [4.78, 5) is 35.7. The van der Waals surface area contributed by atoms with E-state index in [4.69, 9.17) is 0 Å². The third-order valence-corrected chi connectivity index (χ3v) is 5.03. The minimum absolute atomic E-state index is 0.111. The van der Waals surface area contributed by atoms with E-state index < -0.39 is 17.1 Å². The maximum Gasteiger partial charge on any atom is 0.328 e. The van der Waals surface area contributed by atoms with Gasteiger partial charge in [0.05, 0.1) is 15.9 Å². The van der Waals surface area contributed by atoms with Crippen molar-refractivity contribution in [3.8, 4) is 16.5 Å². The molecule has 0 aliphatic heterocycles. The molecule has 0 atom stereocenters. The average molecular weight is 378 g/mol. The van der Waals surface area contributed by atoms with E-state index in [1.807, 2.05) is 29.2 Å². The Balaban J connectivity index is 1.62. The predicted molar refractivity (Wildman–Crippen MR) is 106 cm³/mol. The molecule has 134 valence electrons. The van der Waals surface area contributed by atoms with Crippen LogP contribution in [0.3, 0.4) is 0 Å². The number of nitrogens with zero attached hydrogens (tertiary/aromatic N) is 2. The molecule has 0 unspecified atom stereocenters. The summed E-state index contributed by atoms with van der Waals surface area (Å²) in [6.45, 7) is 2.05. The number of rotatable bonds is 3. The van der Waals surface area contributed by atoms with Crippen molar-refractivity contribution in [1.29, 1.82) is 0 Å². The zero-order valence-electron chi connectivity index (χ0n) is 14.2. The average Bonchev–Trinajstić information content (AvgIpc) is 3.04. The molecular formula is C19H14N4O3S. The standard InChI is InChI=1S/C19H14N4O3S/c1-10-2-7-14-15(8-10)27-18(21-14)11-3-5-12(6-4-11)20-9-13-16(24)22-19(26)23-17(13)25/h2-9H,1H3,(H3,22,23,24,25,26). The SMILES string of the molecule is Cc1ccc2nc(-c3ccc(N=Cc4c(O)[nH]c(=O)[nH]c4=O)cc3)sc2c1. The Morgan fingerprint density at radius 2 is 1.89 bits per heavy atom. The minimum Gasteiger partial charge on any atom is -0.494 e. The van der Waals surface area contributed by atoms with Crippen molar-refractivity contribution in [2.75, 3.05) is 0 Å². The minimum atomic E-state index is -0.773. The van der Waals surface area contributed by atoms with Crippen molar-refractivity contribution in [3.05, 3.63) is 74.4 Å².